The zero-order valence-corrected chi connectivity index (χ0v) is 21.8. The van der Waals surface area contributed by atoms with Crippen LogP contribution in [0.2, 0.25) is 0 Å². The summed E-state index contributed by atoms with van der Waals surface area (Å²) in [5, 5.41) is 0. The predicted molar refractivity (Wildman–Crippen MR) is 139 cm³/mol. The molecule has 4 nitrogen and oxygen atoms in total. The fourth-order valence-electron chi connectivity index (χ4n) is 4.65. The van der Waals surface area contributed by atoms with Gasteiger partial charge in [0.05, 0.1) is 13.2 Å². The van der Waals surface area contributed by atoms with Crippen LogP contribution < -0.4 is 0 Å². The Morgan fingerprint density at radius 2 is 1.12 bits per heavy atom. The molecule has 3 aromatic rings. The van der Waals surface area contributed by atoms with Crippen LogP contribution in [0.25, 0.3) is 0 Å². The lowest BCUT2D eigenvalue weighted by Gasteiger charge is -2.21. The average Bonchev–Trinajstić information content (AvgIpc) is 2.75. The molecule has 0 fully saturated rings. The highest BCUT2D eigenvalue weighted by molar-refractivity contribution is 7.95. The largest absolute Gasteiger partial charge is 0.376 e. The van der Waals surface area contributed by atoms with Crippen LogP contribution in [-0.4, -0.2) is 23.8 Å². The zero-order chi connectivity index (χ0) is 25.0. The number of rotatable bonds is 9. The van der Waals surface area contributed by atoms with Gasteiger partial charge in [0, 0.05) is 17.3 Å². The molecule has 0 unspecified atom stereocenters. The van der Waals surface area contributed by atoms with E-state index in [2.05, 4.69) is 0 Å². The Bertz CT molecular complexity index is 1160. The number of benzene rings is 3. The standard InChI is InChI=1S/C29H33O4P/c1-19-14-21(3)26(22(4)15-19)28(30)34(32,13-12-33-18-25-10-8-7-9-11-25)29(31)27-23(5)16-20(2)17-24(27)6/h7-11,14-17H,12-13,18H2,1-6H3. The number of hydrogen-bond acceptors (Lipinski definition) is 4. The minimum atomic E-state index is -4.01. The highest BCUT2D eigenvalue weighted by atomic mass is 31.2. The Morgan fingerprint density at radius 1 is 0.706 bits per heavy atom. The first kappa shape index (κ1) is 25.8. The van der Waals surface area contributed by atoms with Crippen LogP contribution in [0.15, 0.2) is 54.6 Å². The van der Waals surface area contributed by atoms with Crippen molar-refractivity contribution in [1.82, 2.24) is 0 Å². The molecule has 3 aromatic carbocycles. The topological polar surface area (TPSA) is 60.4 Å². The molecule has 0 saturated carbocycles. The normalized spacial score (nSPS) is 11.5. The second kappa shape index (κ2) is 10.6. The van der Waals surface area contributed by atoms with Crippen molar-refractivity contribution in [3.05, 3.63) is 105 Å². The van der Waals surface area contributed by atoms with Crippen LogP contribution >= 0.6 is 7.14 Å². The van der Waals surface area contributed by atoms with Crippen molar-refractivity contribution >= 4 is 18.2 Å². The predicted octanol–water partition coefficient (Wildman–Crippen LogP) is 7.10. The molecule has 0 saturated heterocycles. The van der Waals surface area contributed by atoms with Crippen LogP contribution in [0.3, 0.4) is 0 Å². The summed E-state index contributed by atoms with van der Waals surface area (Å²) in [5.74, 6) is 0. The molecular formula is C29H33O4P. The van der Waals surface area contributed by atoms with E-state index in [4.69, 9.17) is 4.74 Å². The summed E-state index contributed by atoms with van der Waals surface area (Å²) in [4.78, 5) is 27.7. The lowest BCUT2D eigenvalue weighted by molar-refractivity contribution is 0.102. The van der Waals surface area contributed by atoms with E-state index in [0.29, 0.717) is 17.7 Å². The highest BCUT2D eigenvalue weighted by Crippen LogP contribution is 2.53. The van der Waals surface area contributed by atoms with Gasteiger partial charge in [-0.25, -0.2) is 0 Å². The first-order valence-electron chi connectivity index (χ1n) is 11.5. The monoisotopic (exact) mass is 476 g/mol. The maximum atomic E-state index is 14.4. The fourth-order valence-corrected chi connectivity index (χ4v) is 7.05. The van der Waals surface area contributed by atoms with Crippen molar-refractivity contribution in [2.75, 3.05) is 12.8 Å². The molecule has 0 aliphatic carbocycles. The van der Waals surface area contributed by atoms with Crippen molar-refractivity contribution in [3.8, 4) is 0 Å². The molecule has 34 heavy (non-hydrogen) atoms. The molecular weight excluding hydrogens is 443 g/mol. The molecule has 0 atom stereocenters. The lowest BCUT2D eigenvalue weighted by atomic mass is 10.0. The molecule has 3 rings (SSSR count). The van der Waals surface area contributed by atoms with Crippen LogP contribution in [-0.2, 0) is 15.9 Å². The Hall–Kier alpha value is -2.81. The van der Waals surface area contributed by atoms with Gasteiger partial charge in [0.15, 0.2) is 0 Å². The van der Waals surface area contributed by atoms with Gasteiger partial charge in [-0.2, -0.15) is 0 Å². The molecule has 0 N–H and O–H groups in total. The molecule has 0 heterocycles. The second-order valence-electron chi connectivity index (χ2n) is 9.16. The minimum absolute atomic E-state index is 0.0531. The molecule has 0 radical (unpaired) electrons. The van der Waals surface area contributed by atoms with Gasteiger partial charge in [-0.05, 0) is 69.4 Å². The van der Waals surface area contributed by atoms with E-state index in [9.17, 15) is 14.2 Å². The van der Waals surface area contributed by atoms with E-state index in [1.807, 2.05) is 96.1 Å². The molecule has 178 valence electrons. The summed E-state index contributed by atoms with van der Waals surface area (Å²) >= 11 is 0. The van der Waals surface area contributed by atoms with Crippen molar-refractivity contribution in [2.45, 2.75) is 48.1 Å². The molecule has 0 spiro atoms. The third kappa shape index (κ3) is 5.46. The van der Waals surface area contributed by atoms with Gasteiger partial charge in [0.1, 0.15) is 0 Å². The first-order valence-corrected chi connectivity index (χ1v) is 13.4. The van der Waals surface area contributed by atoms with Gasteiger partial charge in [0.2, 0.25) is 18.2 Å². The number of hydrogen-bond donors (Lipinski definition) is 0. The third-order valence-electron chi connectivity index (χ3n) is 6.10. The molecule has 0 aliphatic rings. The highest BCUT2D eigenvalue weighted by Gasteiger charge is 2.42. The van der Waals surface area contributed by atoms with Crippen LogP contribution in [0.4, 0.5) is 0 Å². The fraction of sp³-hybridized carbons (Fsp3) is 0.310. The maximum absolute atomic E-state index is 14.4. The van der Waals surface area contributed by atoms with E-state index >= 15 is 0 Å². The van der Waals surface area contributed by atoms with E-state index in [-0.39, 0.29) is 12.8 Å². The van der Waals surface area contributed by atoms with Crippen LogP contribution in [0.1, 0.15) is 59.7 Å². The smallest absolute Gasteiger partial charge is 0.229 e. The number of aryl methyl sites for hydroxylation is 6. The Balaban J connectivity index is 2.00. The Morgan fingerprint density at radius 3 is 1.53 bits per heavy atom. The molecule has 0 aliphatic heterocycles. The Labute approximate surface area is 202 Å². The van der Waals surface area contributed by atoms with Crippen molar-refractivity contribution in [1.29, 1.82) is 0 Å². The summed E-state index contributed by atoms with van der Waals surface area (Å²) in [5.41, 5.74) is 5.57. The summed E-state index contributed by atoms with van der Waals surface area (Å²) in [6.45, 7) is 11.6. The van der Waals surface area contributed by atoms with Crippen LogP contribution in [0.5, 0.6) is 0 Å². The van der Waals surface area contributed by atoms with Gasteiger partial charge in [0.25, 0.3) is 0 Å². The third-order valence-corrected chi connectivity index (χ3v) is 8.67. The molecule has 0 aromatic heterocycles. The zero-order valence-electron chi connectivity index (χ0n) is 20.9. The van der Waals surface area contributed by atoms with Gasteiger partial charge in [-0.1, -0.05) is 65.7 Å². The molecule has 5 heteroatoms. The maximum Gasteiger partial charge on any atom is 0.229 e. The number of carbonyl (C=O) groups is 2. The van der Waals surface area contributed by atoms with E-state index in [1.54, 1.807) is 0 Å². The summed E-state index contributed by atoms with van der Waals surface area (Å²) in [6, 6.07) is 17.2. The number of ether oxygens (including phenoxy) is 1. The van der Waals surface area contributed by atoms with Crippen molar-refractivity contribution < 1.29 is 18.9 Å². The number of carbonyl (C=O) groups excluding carboxylic acids is 2. The second-order valence-corrected chi connectivity index (χ2v) is 11.9. The van der Waals surface area contributed by atoms with Crippen molar-refractivity contribution in [2.24, 2.45) is 0 Å². The summed E-state index contributed by atoms with van der Waals surface area (Å²) in [6.07, 6.45) is -0.128. The first-order chi connectivity index (χ1) is 16.0. The lowest BCUT2D eigenvalue weighted by Crippen LogP contribution is -2.19. The van der Waals surface area contributed by atoms with E-state index in [1.165, 1.54) is 0 Å². The van der Waals surface area contributed by atoms with Gasteiger partial charge < -0.3 is 9.30 Å². The molecule has 0 amide bonds. The summed E-state index contributed by atoms with van der Waals surface area (Å²) in [7, 11) is -4.01. The quantitative estimate of drug-likeness (QED) is 0.244. The van der Waals surface area contributed by atoms with Gasteiger partial charge in [-0.15, -0.1) is 0 Å². The minimum Gasteiger partial charge on any atom is -0.376 e. The van der Waals surface area contributed by atoms with Crippen LogP contribution in [0, 0.1) is 41.5 Å². The summed E-state index contributed by atoms with van der Waals surface area (Å²) < 4.78 is 20.2. The van der Waals surface area contributed by atoms with Gasteiger partial charge >= 0.3 is 0 Å². The molecule has 0 bridgehead atoms. The van der Waals surface area contributed by atoms with E-state index < -0.39 is 18.2 Å². The SMILES string of the molecule is Cc1cc(C)c(C(=O)P(=O)(CCOCc2ccccc2)C(=O)c2c(C)cc(C)cc2C)c(C)c1. The average molecular weight is 477 g/mol. The van der Waals surface area contributed by atoms with E-state index in [0.717, 1.165) is 38.9 Å². The Kier molecular flexibility index (Phi) is 8.07. The van der Waals surface area contributed by atoms with Gasteiger partial charge in [-0.3, -0.25) is 9.59 Å². The van der Waals surface area contributed by atoms with Crippen molar-refractivity contribution in [3.63, 3.8) is 0 Å².